The summed E-state index contributed by atoms with van der Waals surface area (Å²) in [4.78, 5) is 21.2. The zero-order valence-electron chi connectivity index (χ0n) is 19.3. The number of carbonyl (C=O) groups excluding carboxylic acids is 2. The summed E-state index contributed by atoms with van der Waals surface area (Å²) in [6.45, 7) is 15.7. The zero-order valence-corrected chi connectivity index (χ0v) is 19.3. The SMILES string of the molecule is CC(=O)/C=C/C=C(\C)CCC=C(C)C.CC(=O)/C=C/C=C(\C)CCC=C(C)C. The van der Waals surface area contributed by atoms with Gasteiger partial charge < -0.3 is 0 Å². The smallest absolute Gasteiger partial charge is 0.152 e. The van der Waals surface area contributed by atoms with E-state index in [1.807, 2.05) is 24.3 Å². The van der Waals surface area contributed by atoms with Crippen molar-refractivity contribution in [2.75, 3.05) is 0 Å². The summed E-state index contributed by atoms with van der Waals surface area (Å²) < 4.78 is 0. The fraction of sp³-hybridized carbons (Fsp3) is 0.462. The molecule has 0 radical (unpaired) electrons. The van der Waals surface area contributed by atoms with Crippen LogP contribution in [-0.2, 0) is 9.59 Å². The number of rotatable bonds is 10. The van der Waals surface area contributed by atoms with Crippen LogP contribution in [0.4, 0.5) is 0 Å². The van der Waals surface area contributed by atoms with Gasteiger partial charge in [0, 0.05) is 0 Å². The van der Waals surface area contributed by atoms with Crippen molar-refractivity contribution in [2.45, 2.75) is 81.1 Å². The first kappa shape index (κ1) is 28.0. The number of hydrogen-bond acceptors (Lipinski definition) is 2. The number of allylic oxidation sites excluding steroid dienone is 12. The van der Waals surface area contributed by atoms with E-state index in [2.05, 4.69) is 53.7 Å². The van der Waals surface area contributed by atoms with Crippen LogP contribution in [0, 0.1) is 0 Å². The summed E-state index contributed by atoms with van der Waals surface area (Å²) in [5, 5.41) is 0. The Morgan fingerprint density at radius 3 is 1.14 bits per heavy atom. The number of ketones is 2. The van der Waals surface area contributed by atoms with Crippen molar-refractivity contribution < 1.29 is 9.59 Å². The molecule has 2 heteroatoms. The van der Waals surface area contributed by atoms with Gasteiger partial charge in [0.1, 0.15) is 0 Å². The summed E-state index contributed by atoms with van der Waals surface area (Å²) in [5.41, 5.74) is 5.33. The normalized spacial score (nSPS) is 11.9. The second-order valence-electron chi connectivity index (χ2n) is 7.61. The van der Waals surface area contributed by atoms with Crippen molar-refractivity contribution in [3.05, 3.63) is 70.9 Å². The molecule has 0 aromatic heterocycles. The van der Waals surface area contributed by atoms with E-state index in [0.717, 1.165) is 25.7 Å². The first-order valence-corrected chi connectivity index (χ1v) is 10.00. The van der Waals surface area contributed by atoms with Crippen molar-refractivity contribution in [3.8, 4) is 0 Å². The summed E-state index contributed by atoms with van der Waals surface area (Å²) >= 11 is 0. The van der Waals surface area contributed by atoms with E-state index >= 15 is 0 Å². The summed E-state index contributed by atoms with van der Waals surface area (Å²) in [5.74, 6) is 0.191. The first-order valence-electron chi connectivity index (χ1n) is 10.00. The van der Waals surface area contributed by atoms with Crippen molar-refractivity contribution in [3.63, 3.8) is 0 Å². The Balaban J connectivity index is 0. The van der Waals surface area contributed by atoms with Crippen LogP contribution in [0.5, 0.6) is 0 Å². The molecule has 0 amide bonds. The van der Waals surface area contributed by atoms with Crippen LogP contribution >= 0.6 is 0 Å². The molecule has 0 fully saturated rings. The van der Waals surface area contributed by atoms with Crippen LogP contribution in [0.1, 0.15) is 81.1 Å². The van der Waals surface area contributed by atoms with Crippen LogP contribution < -0.4 is 0 Å². The van der Waals surface area contributed by atoms with Crippen LogP contribution in [0.2, 0.25) is 0 Å². The third kappa shape index (κ3) is 26.0. The van der Waals surface area contributed by atoms with E-state index in [1.165, 1.54) is 22.3 Å². The van der Waals surface area contributed by atoms with Gasteiger partial charge in [0.25, 0.3) is 0 Å². The van der Waals surface area contributed by atoms with E-state index in [4.69, 9.17) is 0 Å². The molecule has 0 aliphatic rings. The number of carbonyl (C=O) groups is 2. The lowest BCUT2D eigenvalue weighted by atomic mass is 10.1. The second-order valence-corrected chi connectivity index (χ2v) is 7.61. The lowest BCUT2D eigenvalue weighted by Crippen LogP contribution is -1.79. The first-order chi connectivity index (χ1) is 13.0. The van der Waals surface area contributed by atoms with Gasteiger partial charge >= 0.3 is 0 Å². The van der Waals surface area contributed by atoms with E-state index < -0.39 is 0 Å². The monoisotopic (exact) mass is 384 g/mol. The van der Waals surface area contributed by atoms with Gasteiger partial charge in [0.15, 0.2) is 11.6 Å². The van der Waals surface area contributed by atoms with Crippen molar-refractivity contribution in [1.82, 2.24) is 0 Å². The summed E-state index contributed by atoms with van der Waals surface area (Å²) in [6, 6.07) is 0. The zero-order chi connectivity index (χ0) is 21.9. The molecule has 0 rings (SSSR count). The van der Waals surface area contributed by atoms with Gasteiger partial charge in [-0.2, -0.15) is 0 Å². The van der Waals surface area contributed by atoms with Crippen LogP contribution in [-0.4, -0.2) is 11.6 Å². The highest BCUT2D eigenvalue weighted by Gasteiger charge is 1.88. The molecule has 0 bridgehead atoms. The third-order valence-electron chi connectivity index (χ3n) is 3.61. The quantitative estimate of drug-likeness (QED) is 0.220. The Morgan fingerprint density at radius 1 is 0.571 bits per heavy atom. The molecule has 0 N–H and O–H groups in total. The third-order valence-corrected chi connectivity index (χ3v) is 3.61. The van der Waals surface area contributed by atoms with Crippen molar-refractivity contribution in [2.24, 2.45) is 0 Å². The highest BCUT2D eigenvalue weighted by molar-refractivity contribution is 5.87. The average Bonchev–Trinajstić information content (AvgIpc) is 2.54. The molecule has 0 aliphatic heterocycles. The second kappa shape index (κ2) is 18.2. The molecular formula is C26H40O2. The highest BCUT2D eigenvalue weighted by Crippen LogP contribution is 2.07. The Morgan fingerprint density at radius 2 is 0.893 bits per heavy atom. The van der Waals surface area contributed by atoms with Crippen LogP contribution in [0.25, 0.3) is 0 Å². The average molecular weight is 385 g/mol. The molecule has 0 heterocycles. The van der Waals surface area contributed by atoms with Crippen molar-refractivity contribution in [1.29, 1.82) is 0 Å². The van der Waals surface area contributed by atoms with Crippen LogP contribution in [0.3, 0.4) is 0 Å². The molecule has 28 heavy (non-hydrogen) atoms. The van der Waals surface area contributed by atoms with Gasteiger partial charge in [-0.15, -0.1) is 0 Å². The van der Waals surface area contributed by atoms with Gasteiger partial charge in [-0.05, 0) is 93.2 Å². The molecule has 2 nitrogen and oxygen atoms in total. The summed E-state index contributed by atoms with van der Waals surface area (Å²) in [6.07, 6.45) is 19.6. The molecular weight excluding hydrogens is 344 g/mol. The van der Waals surface area contributed by atoms with Gasteiger partial charge in [0.05, 0.1) is 0 Å². The molecule has 156 valence electrons. The topological polar surface area (TPSA) is 34.1 Å². The molecule has 0 spiro atoms. The lowest BCUT2D eigenvalue weighted by molar-refractivity contribution is -0.113. The highest BCUT2D eigenvalue weighted by atomic mass is 16.1. The van der Waals surface area contributed by atoms with Gasteiger partial charge in [-0.1, -0.05) is 58.7 Å². The Bertz CT molecular complexity index is 584. The Hall–Kier alpha value is -2.22. The largest absolute Gasteiger partial charge is 0.295 e. The maximum atomic E-state index is 10.6. The standard InChI is InChI=1S/2C13H20O/c2*1-11(2)7-5-8-12(3)9-6-10-13(4)14/h2*6-7,9-10H,5,8H2,1-4H3/b2*10-6+,12-9+. The van der Waals surface area contributed by atoms with Crippen LogP contribution in [0.15, 0.2) is 70.9 Å². The molecule has 0 aromatic rings. The maximum absolute atomic E-state index is 10.6. The maximum Gasteiger partial charge on any atom is 0.152 e. The van der Waals surface area contributed by atoms with Gasteiger partial charge in [-0.25, -0.2) is 0 Å². The van der Waals surface area contributed by atoms with E-state index in [-0.39, 0.29) is 11.6 Å². The molecule has 0 saturated heterocycles. The Kier molecular flexibility index (Phi) is 18.2. The molecule has 0 saturated carbocycles. The predicted octanol–water partition coefficient (Wildman–Crippen LogP) is 7.65. The predicted molar refractivity (Wildman–Crippen MR) is 124 cm³/mol. The Labute approximate surface area is 173 Å². The molecule has 0 aromatic carbocycles. The van der Waals surface area contributed by atoms with Gasteiger partial charge in [-0.3, -0.25) is 9.59 Å². The molecule has 0 unspecified atom stereocenters. The van der Waals surface area contributed by atoms with Gasteiger partial charge in [0.2, 0.25) is 0 Å². The van der Waals surface area contributed by atoms with E-state index in [9.17, 15) is 9.59 Å². The minimum atomic E-state index is 0.0957. The van der Waals surface area contributed by atoms with E-state index in [0.29, 0.717) is 0 Å². The molecule has 0 aliphatic carbocycles. The fourth-order valence-corrected chi connectivity index (χ4v) is 2.04. The summed E-state index contributed by atoms with van der Waals surface area (Å²) in [7, 11) is 0. The molecule has 0 atom stereocenters. The van der Waals surface area contributed by atoms with Crippen molar-refractivity contribution >= 4 is 11.6 Å². The minimum absolute atomic E-state index is 0.0957. The minimum Gasteiger partial charge on any atom is -0.295 e. The van der Waals surface area contributed by atoms with E-state index in [1.54, 1.807) is 26.0 Å². The number of hydrogen-bond donors (Lipinski definition) is 0. The fourth-order valence-electron chi connectivity index (χ4n) is 2.04. The lowest BCUT2D eigenvalue weighted by Gasteiger charge is -1.96.